The summed E-state index contributed by atoms with van der Waals surface area (Å²) in [5, 5.41) is 12.1. The van der Waals surface area contributed by atoms with Crippen LogP contribution < -0.4 is 11.1 Å². The summed E-state index contributed by atoms with van der Waals surface area (Å²) in [7, 11) is 0. The number of nitriles is 1. The summed E-state index contributed by atoms with van der Waals surface area (Å²) in [6, 6.07) is 11.2. The Labute approximate surface area is 125 Å². The number of hydrogen-bond acceptors (Lipinski definition) is 3. The molecule has 0 aliphatic carbocycles. The van der Waals surface area contributed by atoms with Gasteiger partial charge in [-0.2, -0.15) is 5.26 Å². The molecule has 1 amide bonds. The predicted molar refractivity (Wildman–Crippen MR) is 80.0 cm³/mol. The lowest BCUT2D eigenvalue weighted by atomic mass is 10.1. The number of amides is 1. The van der Waals surface area contributed by atoms with E-state index in [-0.39, 0.29) is 5.02 Å². The number of carbonyl (C=O) groups excluding carboxylic acids is 1. The Hall–Kier alpha value is -2.22. The summed E-state index contributed by atoms with van der Waals surface area (Å²) in [4.78, 5) is 12.1. The van der Waals surface area contributed by atoms with Crippen molar-refractivity contribution in [2.24, 2.45) is 0 Å². The molecule has 4 nitrogen and oxygen atoms in total. The van der Waals surface area contributed by atoms with Gasteiger partial charge in [0, 0.05) is 5.02 Å². The standard InChI is InChI=1S/C14H9Cl2N3O/c15-9-2-3-10(11(16)6-9)14(20)19-13-4-1-8(7-17)5-12(13)18/h1-6H,18H2,(H,19,20). The van der Waals surface area contributed by atoms with Gasteiger partial charge in [0.25, 0.3) is 5.91 Å². The SMILES string of the molecule is N#Cc1ccc(NC(=O)c2ccc(Cl)cc2Cl)c(N)c1. The van der Waals surface area contributed by atoms with Crippen molar-refractivity contribution in [3.05, 3.63) is 57.6 Å². The van der Waals surface area contributed by atoms with E-state index < -0.39 is 5.91 Å². The van der Waals surface area contributed by atoms with E-state index in [1.807, 2.05) is 6.07 Å². The first-order valence-corrected chi connectivity index (χ1v) is 6.33. The third-order valence-electron chi connectivity index (χ3n) is 2.60. The smallest absolute Gasteiger partial charge is 0.257 e. The lowest BCUT2D eigenvalue weighted by Crippen LogP contribution is -2.13. The van der Waals surface area contributed by atoms with Crippen LogP contribution in [0.3, 0.4) is 0 Å². The molecule has 0 aliphatic rings. The van der Waals surface area contributed by atoms with Crippen LogP contribution >= 0.6 is 23.2 Å². The van der Waals surface area contributed by atoms with Crippen molar-refractivity contribution in [2.75, 3.05) is 11.1 Å². The maximum Gasteiger partial charge on any atom is 0.257 e. The highest BCUT2D eigenvalue weighted by atomic mass is 35.5. The molecule has 0 atom stereocenters. The van der Waals surface area contributed by atoms with Crippen LogP contribution in [-0.2, 0) is 0 Å². The molecular formula is C14H9Cl2N3O. The fourth-order valence-corrected chi connectivity index (χ4v) is 2.10. The quantitative estimate of drug-likeness (QED) is 0.830. The molecule has 100 valence electrons. The maximum absolute atomic E-state index is 12.1. The molecule has 0 saturated carbocycles. The minimum atomic E-state index is -0.400. The summed E-state index contributed by atoms with van der Waals surface area (Å²) in [6.07, 6.45) is 0. The largest absolute Gasteiger partial charge is 0.397 e. The van der Waals surface area contributed by atoms with E-state index in [0.29, 0.717) is 27.5 Å². The molecular weight excluding hydrogens is 297 g/mol. The van der Waals surface area contributed by atoms with Gasteiger partial charge in [-0.25, -0.2) is 0 Å². The number of benzene rings is 2. The minimum absolute atomic E-state index is 0.252. The zero-order valence-electron chi connectivity index (χ0n) is 10.2. The van der Waals surface area contributed by atoms with Crippen LogP contribution in [0.2, 0.25) is 10.0 Å². The Morgan fingerprint density at radius 2 is 1.95 bits per heavy atom. The van der Waals surface area contributed by atoms with Gasteiger partial charge in [-0.05, 0) is 36.4 Å². The lowest BCUT2D eigenvalue weighted by Gasteiger charge is -2.09. The van der Waals surface area contributed by atoms with Gasteiger partial charge >= 0.3 is 0 Å². The van der Waals surface area contributed by atoms with Crippen molar-refractivity contribution in [1.29, 1.82) is 5.26 Å². The fraction of sp³-hybridized carbons (Fsp3) is 0. The number of nitrogens with zero attached hydrogens (tertiary/aromatic N) is 1. The highest BCUT2D eigenvalue weighted by Crippen LogP contribution is 2.24. The number of hydrogen-bond donors (Lipinski definition) is 2. The fourth-order valence-electron chi connectivity index (χ4n) is 1.61. The van der Waals surface area contributed by atoms with Gasteiger partial charge in [-0.3, -0.25) is 4.79 Å². The number of nitrogen functional groups attached to an aromatic ring is 1. The molecule has 0 fully saturated rings. The third kappa shape index (κ3) is 3.02. The van der Waals surface area contributed by atoms with Crippen molar-refractivity contribution in [3.8, 4) is 6.07 Å². The second-order valence-corrected chi connectivity index (χ2v) is 4.84. The normalized spacial score (nSPS) is 9.85. The molecule has 0 aliphatic heterocycles. The van der Waals surface area contributed by atoms with Crippen LogP contribution in [0.15, 0.2) is 36.4 Å². The lowest BCUT2D eigenvalue weighted by molar-refractivity contribution is 0.102. The monoisotopic (exact) mass is 305 g/mol. The van der Waals surface area contributed by atoms with Gasteiger partial charge in [0.1, 0.15) is 0 Å². The van der Waals surface area contributed by atoms with Crippen molar-refractivity contribution in [3.63, 3.8) is 0 Å². The highest BCUT2D eigenvalue weighted by molar-refractivity contribution is 6.37. The Balaban J connectivity index is 2.26. The van der Waals surface area contributed by atoms with Crippen LogP contribution in [0.5, 0.6) is 0 Å². The average molecular weight is 306 g/mol. The minimum Gasteiger partial charge on any atom is -0.397 e. The zero-order valence-corrected chi connectivity index (χ0v) is 11.7. The number of halogens is 2. The van der Waals surface area contributed by atoms with Crippen LogP contribution in [-0.4, -0.2) is 5.91 Å². The molecule has 20 heavy (non-hydrogen) atoms. The van der Waals surface area contributed by atoms with Gasteiger partial charge in [0.2, 0.25) is 0 Å². The van der Waals surface area contributed by atoms with Crippen molar-refractivity contribution >= 4 is 40.5 Å². The van der Waals surface area contributed by atoms with Crippen LogP contribution in [0.25, 0.3) is 0 Å². The summed E-state index contributed by atoms with van der Waals surface area (Å²) < 4.78 is 0. The van der Waals surface area contributed by atoms with Crippen molar-refractivity contribution in [1.82, 2.24) is 0 Å². The van der Waals surface area contributed by atoms with E-state index in [1.165, 1.54) is 18.2 Å². The highest BCUT2D eigenvalue weighted by Gasteiger charge is 2.12. The number of carbonyl (C=O) groups is 1. The summed E-state index contributed by atoms with van der Waals surface area (Å²) in [6.45, 7) is 0. The Bertz CT molecular complexity index is 723. The zero-order chi connectivity index (χ0) is 14.7. The number of nitrogens with two attached hydrogens (primary N) is 1. The first-order valence-electron chi connectivity index (χ1n) is 5.57. The number of anilines is 2. The Kier molecular flexibility index (Phi) is 4.14. The maximum atomic E-state index is 12.1. The van der Waals surface area contributed by atoms with Gasteiger partial charge < -0.3 is 11.1 Å². The first-order chi connectivity index (χ1) is 9.51. The van der Waals surface area contributed by atoms with Crippen molar-refractivity contribution in [2.45, 2.75) is 0 Å². The first kappa shape index (κ1) is 14.2. The Morgan fingerprint density at radius 3 is 2.55 bits per heavy atom. The average Bonchev–Trinajstić information content (AvgIpc) is 2.40. The molecule has 0 unspecified atom stereocenters. The van der Waals surface area contributed by atoms with Crippen molar-refractivity contribution < 1.29 is 4.79 Å². The summed E-state index contributed by atoms with van der Waals surface area (Å²) in [5.41, 5.74) is 7.20. The summed E-state index contributed by atoms with van der Waals surface area (Å²) >= 11 is 11.7. The van der Waals surface area contributed by atoms with E-state index in [4.69, 9.17) is 34.2 Å². The molecule has 0 aromatic heterocycles. The number of nitrogens with one attached hydrogen (secondary N) is 1. The number of rotatable bonds is 2. The van der Waals surface area contributed by atoms with Gasteiger partial charge in [-0.1, -0.05) is 23.2 Å². The molecule has 2 aromatic carbocycles. The molecule has 2 rings (SSSR count). The molecule has 0 radical (unpaired) electrons. The van der Waals surface area contributed by atoms with Crippen LogP contribution in [0.4, 0.5) is 11.4 Å². The van der Waals surface area contributed by atoms with Gasteiger partial charge in [-0.15, -0.1) is 0 Å². The molecule has 6 heteroatoms. The van der Waals surface area contributed by atoms with E-state index in [9.17, 15) is 4.79 Å². The Morgan fingerprint density at radius 1 is 1.20 bits per heavy atom. The molecule has 0 spiro atoms. The summed E-state index contributed by atoms with van der Waals surface area (Å²) in [5.74, 6) is -0.400. The topological polar surface area (TPSA) is 78.9 Å². The van der Waals surface area contributed by atoms with Gasteiger partial charge in [0.15, 0.2) is 0 Å². The second kappa shape index (κ2) is 5.83. The van der Waals surface area contributed by atoms with E-state index in [1.54, 1.807) is 18.2 Å². The van der Waals surface area contributed by atoms with E-state index >= 15 is 0 Å². The van der Waals surface area contributed by atoms with Gasteiger partial charge in [0.05, 0.1) is 33.6 Å². The van der Waals surface area contributed by atoms with E-state index in [0.717, 1.165) is 0 Å². The third-order valence-corrected chi connectivity index (χ3v) is 3.15. The van der Waals surface area contributed by atoms with Crippen LogP contribution in [0, 0.1) is 11.3 Å². The van der Waals surface area contributed by atoms with E-state index in [2.05, 4.69) is 5.32 Å². The molecule has 0 bridgehead atoms. The molecule has 0 saturated heterocycles. The van der Waals surface area contributed by atoms with Crippen LogP contribution in [0.1, 0.15) is 15.9 Å². The predicted octanol–water partition coefficient (Wildman–Crippen LogP) is 3.70. The molecule has 2 aromatic rings. The molecule has 3 N–H and O–H groups in total. The molecule has 0 heterocycles. The second-order valence-electron chi connectivity index (χ2n) is 3.99.